The van der Waals surface area contributed by atoms with Gasteiger partial charge in [0.1, 0.15) is 18.2 Å². The number of carbonyl (C=O) groups excluding carboxylic acids is 2. The van der Waals surface area contributed by atoms with E-state index >= 15 is 0 Å². The van der Waals surface area contributed by atoms with Gasteiger partial charge in [0.25, 0.3) is 0 Å². The topological polar surface area (TPSA) is 145 Å². The molecule has 1 aliphatic heterocycles. The van der Waals surface area contributed by atoms with Crippen LogP contribution < -0.4 is 50.0 Å². The molecule has 0 radical (unpaired) electrons. The zero-order valence-corrected chi connectivity index (χ0v) is 21.5. The van der Waals surface area contributed by atoms with Crippen LogP contribution in [-0.2, 0) is 22.6 Å². The Balaban J connectivity index is 0.00000324. The first kappa shape index (κ1) is 26.1. The number of aromatic amines is 1. The van der Waals surface area contributed by atoms with Crippen LogP contribution in [0.15, 0.2) is 36.7 Å². The quantitative estimate of drug-likeness (QED) is 0.285. The summed E-state index contributed by atoms with van der Waals surface area (Å²) >= 11 is 1.45. The number of benzene rings is 1. The number of aromatic nitrogens is 3. The molecule has 1 saturated heterocycles. The van der Waals surface area contributed by atoms with E-state index in [1.165, 1.54) is 11.3 Å². The first-order chi connectivity index (χ1) is 16.0. The molecule has 0 aliphatic carbocycles. The number of thiazole rings is 1. The van der Waals surface area contributed by atoms with Crippen LogP contribution in [0.1, 0.15) is 10.7 Å². The number of carbonyl (C=O) groups is 2. The Labute approximate surface area is 222 Å². The maximum Gasteiger partial charge on any atom is 1.00 e. The fraction of sp³-hybridized carbons (Fsp3) is 0.333. The second-order valence-electron chi connectivity index (χ2n) is 7.26. The molecule has 1 fully saturated rings. The number of aliphatic carboxylic acids is 1. The number of hydrogen-bond acceptors (Lipinski definition) is 9. The van der Waals surface area contributed by atoms with Crippen LogP contribution in [0.3, 0.4) is 0 Å². The number of nitrogens with zero attached hydrogens (tertiary/aromatic N) is 3. The summed E-state index contributed by atoms with van der Waals surface area (Å²) in [5, 5.41) is 16.5. The molecule has 0 spiro atoms. The molecule has 4 rings (SSSR count). The minimum atomic E-state index is -1.28. The van der Waals surface area contributed by atoms with Crippen LogP contribution >= 0.6 is 11.3 Å². The van der Waals surface area contributed by atoms with Gasteiger partial charge < -0.3 is 29.7 Å². The molecule has 34 heavy (non-hydrogen) atoms. The molecule has 2 aromatic heterocycles. The van der Waals surface area contributed by atoms with Gasteiger partial charge in [-0.1, -0.05) is 0 Å². The summed E-state index contributed by atoms with van der Waals surface area (Å²) in [6.07, 6.45) is 3.44. The van der Waals surface area contributed by atoms with Gasteiger partial charge in [-0.25, -0.2) is 14.8 Å². The first-order valence-electron chi connectivity index (χ1n) is 10.3. The smallest absolute Gasteiger partial charge is 0.546 e. The van der Waals surface area contributed by atoms with E-state index in [1.54, 1.807) is 36.7 Å². The summed E-state index contributed by atoms with van der Waals surface area (Å²) in [6.45, 7) is 3.78. The van der Waals surface area contributed by atoms with E-state index in [9.17, 15) is 14.7 Å². The maximum atomic E-state index is 12.2. The number of nitrogens with one attached hydrogen (secondary N) is 3. The summed E-state index contributed by atoms with van der Waals surface area (Å²) < 4.78 is 10.4. The number of morpholine rings is 1. The number of hydrogen-bond donors (Lipinski definition) is 3. The number of imidazole rings is 1. The standard InChI is InChI=1S/C21H24N6O5S.Na/c28-19(29)13-32-15-3-1-14(2-4-15)17-10-22-18(25-17)11-23-20(30)26-21-24-9-16(33-21)12-27-5-7-31-8-6-27;/h1-4,9-10H,5-8,11-13H2,(H,22,25)(H,28,29)(H2,23,24,26,30);/q;+1/p-1. The zero-order chi connectivity index (χ0) is 23.0. The van der Waals surface area contributed by atoms with Gasteiger partial charge in [-0.15, -0.1) is 11.3 Å². The Morgan fingerprint density at radius 2 is 1.94 bits per heavy atom. The summed E-state index contributed by atoms with van der Waals surface area (Å²) in [5.74, 6) is -0.266. The summed E-state index contributed by atoms with van der Waals surface area (Å²) in [7, 11) is 0. The van der Waals surface area contributed by atoms with E-state index in [0.29, 0.717) is 16.7 Å². The second-order valence-corrected chi connectivity index (χ2v) is 8.37. The maximum absolute atomic E-state index is 12.2. The van der Waals surface area contributed by atoms with Crippen LogP contribution in [0.5, 0.6) is 5.75 Å². The molecule has 174 valence electrons. The normalized spacial score (nSPS) is 13.6. The van der Waals surface area contributed by atoms with E-state index in [2.05, 4.69) is 30.5 Å². The second kappa shape index (κ2) is 12.8. The molecule has 0 saturated carbocycles. The van der Waals surface area contributed by atoms with Gasteiger partial charge in [0.2, 0.25) is 0 Å². The van der Waals surface area contributed by atoms with Gasteiger partial charge >= 0.3 is 35.6 Å². The summed E-state index contributed by atoms with van der Waals surface area (Å²) in [4.78, 5) is 37.7. The Morgan fingerprint density at radius 1 is 1.18 bits per heavy atom. The third kappa shape index (κ3) is 7.79. The number of amides is 2. The van der Waals surface area contributed by atoms with Crippen LogP contribution in [-0.4, -0.2) is 64.8 Å². The third-order valence-electron chi connectivity index (χ3n) is 4.82. The monoisotopic (exact) mass is 494 g/mol. The molecule has 0 unspecified atom stereocenters. The van der Waals surface area contributed by atoms with Crippen molar-refractivity contribution in [3.8, 4) is 17.0 Å². The number of carboxylic acid groups (broad SMARTS) is 1. The van der Waals surface area contributed by atoms with E-state index < -0.39 is 12.6 Å². The van der Waals surface area contributed by atoms with Crippen LogP contribution in [0.2, 0.25) is 0 Å². The van der Waals surface area contributed by atoms with Crippen molar-refractivity contribution < 1.29 is 53.7 Å². The molecule has 1 aromatic carbocycles. The van der Waals surface area contributed by atoms with Gasteiger partial charge in [-0.05, 0) is 29.8 Å². The Kier molecular flexibility index (Phi) is 9.86. The SMILES string of the molecule is O=C([O-])COc1ccc(-c2cnc(CNC(=O)Nc3ncc(CN4CCOCC4)s3)[nH]2)cc1.[Na+]. The van der Waals surface area contributed by atoms with Crippen molar-refractivity contribution >= 4 is 28.5 Å². The number of carboxylic acids is 1. The van der Waals surface area contributed by atoms with Crippen LogP contribution in [0.25, 0.3) is 11.3 Å². The number of H-pyrrole nitrogens is 1. The van der Waals surface area contributed by atoms with Crippen molar-refractivity contribution in [3.05, 3.63) is 47.4 Å². The van der Waals surface area contributed by atoms with Gasteiger partial charge in [0, 0.05) is 30.7 Å². The zero-order valence-electron chi connectivity index (χ0n) is 18.7. The predicted molar refractivity (Wildman–Crippen MR) is 119 cm³/mol. The van der Waals surface area contributed by atoms with Crippen molar-refractivity contribution in [2.45, 2.75) is 13.1 Å². The number of urea groups is 1. The largest absolute Gasteiger partial charge is 1.00 e. The average Bonchev–Trinajstić information content (AvgIpc) is 3.47. The van der Waals surface area contributed by atoms with Crippen molar-refractivity contribution in [2.75, 3.05) is 38.2 Å². The molecule has 3 N–H and O–H groups in total. The van der Waals surface area contributed by atoms with Crippen LogP contribution in [0, 0.1) is 0 Å². The third-order valence-corrected chi connectivity index (χ3v) is 5.72. The Morgan fingerprint density at radius 3 is 2.68 bits per heavy atom. The molecule has 1 aliphatic rings. The van der Waals surface area contributed by atoms with E-state index in [0.717, 1.165) is 49.0 Å². The molecule has 3 aromatic rings. The van der Waals surface area contributed by atoms with Gasteiger partial charge in [0.05, 0.1) is 37.6 Å². The number of rotatable bonds is 9. The van der Waals surface area contributed by atoms with Crippen molar-refractivity contribution in [2.24, 2.45) is 0 Å². The number of ether oxygens (including phenoxy) is 2. The molecule has 2 amide bonds. The van der Waals surface area contributed by atoms with Gasteiger partial charge in [-0.3, -0.25) is 10.2 Å². The Hall–Kier alpha value is -2.48. The van der Waals surface area contributed by atoms with Crippen LogP contribution in [0.4, 0.5) is 9.93 Å². The molecule has 13 heteroatoms. The summed E-state index contributed by atoms with van der Waals surface area (Å²) in [6, 6.07) is 6.50. The fourth-order valence-corrected chi connectivity index (χ4v) is 4.05. The molecule has 0 atom stereocenters. The minimum absolute atomic E-state index is 0. The average molecular weight is 495 g/mol. The number of anilines is 1. The molecule has 3 heterocycles. The fourth-order valence-electron chi connectivity index (χ4n) is 3.20. The Bertz CT molecular complexity index is 1080. The van der Waals surface area contributed by atoms with Crippen molar-refractivity contribution in [1.29, 1.82) is 0 Å². The molecule has 0 bridgehead atoms. The van der Waals surface area contributed by atoms with Gasteiger partial charge in [-0.2, -0.15) is 0 Å². The van der Waals surface area contributed by atoms with Crippen molar-refractivity contribution in [3.63, 3.8) is 0 Å². The minimum Gasteiger partial charge on any atom is -0.546 e. The predicted octanol–water partition coefficient (Wildman–Crippen LogP) is -2.18. The van der Waals surface area contributed by atoms with E-state index in [-0.39, 0.29) is 42.1 Å². The van der Waals surface area contributed by atoms with Crippen molar-refractivity contribution in [1.82, 2.24) is 25.2 Å². The molecular formula is C21H23N6NaO5S. The molecule has 11 nitrogen and oxygen atoms in total. The van der Waals surface area contributed by atoms with Gasteiger partial charge in [0.15, 0.2) is 5.13 Å². The van der Waals surface area contributed by atoms with E-state index in [1.807, 2.05) is 0 Å². The van der Waals surface area contributed by atoms with E-state index in [4.69, 9.17) is 9.47 Å². The molecular weight excluding hydrogens is 471 g/mol. The first-order valence-corrected chi connectivity index (χ1v) is 11.1. The summed E-state index contributed by atoms with van der Waals surface area (Å²) in [5.41, 5.74) is 1.60.